The summed E-state index contributed by atoms with van der Waals surface area (Å²) in [6, 6.07) is -0.583. The van der Waals surface area contributed by atoms with Gasteiger partial charge in [0.1, 0.15) is 18.2 Å². The lowest BCUT2D eigenvalue weighted by molar-refractivity contribution is 0.0482. The molecule has 12 nitrogen and oxygen atoms in total. The molecule has 0 spiro atoms. The molecule has 1 fully saturated rings. The van der Waals surface area contributed by atoms with Gasteiger partial charge in [-0.25, -0.2) is 18.7 Å². The Balaban J connectivity index is 2.00. The van der Waals surface area contributed by atoms with E-state index < -0.39 is 62.5 Å². The highest BCUT2D eigenvalue weighted by Gasteiger charge is 2.49. The van der Waals surface area contributed by atoms with Gasteiger partial charge in [-0.1, -0.05) is 34.8 Å². The van der Waals surface area contributed by atoms with Crippen LogP contribution in [0.1, 0.15) is 49.3 Å². The highest BCUT2D eigenvalue weighted by atomic mass is 35.6. The number of aliphatic hydroxyl groups is 1. The number of hydrogen-bond acceptors (Lipinski definition) is 8. The Morgan fingerprint density at radius 2 is 2.00 bits per heavy atom. The number of rotatable bonds is 4. The first-order chi connectivity index (χ1) is 15.5. The van der Waals surface area contributed by atoms with Crippen molar-refractivity contribution in [2.24, 2.45) is 10.7 Å². The molecule has 1 aromatic rings. The van der Waals surface area contributed by atoms with E-state index in [2.05, 4.69) is 9.18 Å². The average Bonchev–Trinajstić information content (AvgIpc) is 3.26. The summed E-state index contributed by atoms with van der Waals surface area (Å²) in [5.74, 6) is -1.04. The normalized spacial score (nSPS) is 23.5. The maximum atomic E-state index is 13.0. The van der Waals surface area contributed by atoms with Crippen LogP contribution in [0.5, 0.6) is 0 Å². The zero-order valence-electron chi connectivity index (χ0n) is 18.4. The van der Waals surface area contributed by atoms with E-state index in [1.807, 2.05) is 4.72 Å². The minimum atomic E-state index is -4.53. The molecule has 0 aliphatic carbocycles. The number of nitrogens with two attached hydrogens (primary N) is 1. The van der Waals surface area contributed by atoms with Gasteiger partial charge >= 0.3 is 16.4 Å². The number of hydrogen-bond donors (Lipinski definition) is 3. The molecule has 0 radical (unpaired) electrons. The van der Waals surface area contributed by atoms with E-state index >= 15 is 0 Å². The maximum Gasteiger partial charge on any atom is 0.418 e. The SMILES string of the molecule is CC(C)(C)OC(=O)n1ccc2c1[C@@H](N=C(N)NS(=O)(=O)OCC(Cl)(Cl)Cl)[C@H]1[C@H](O)CCN1C2=O. The highest BCUT2D eigenvalue weighted by Crippen LogP contribution is 2.40. The van der Waals surface area contributed by atoms with Crippen molar-refractivity contribution in [3.8, 4) is 0 Å². The molecule has 4 N–H and O–H groups in total. The minimum Gasteiger partial charge on any atom is -0.443 e. The smallest absolute Gasteiger partial charge is 0.418 e. The number of fused-ring (bicyclic) bond motifs is 2. The number of alkyl halides is 3. The Morgan fingerprint density at radius 3 is 2.59 bits per heavy atom. The number of nitrogens with zero attached hydrogens (tertiary/aromatic N) is 3. The number of ether oxygens (including phenoxy) is 1. The van der Waals surface area contributed by atoms with E-state index in [0.29, 0.717) is 0 Å². The predicted molar refractivity (Wildman–Crippen MR) is 124 cm³/mol. The summed E-state index contributed by atoms with van der Waals surface area (Å²) in [5.41, 5.74) is 5.23. The van der Waals surface area contributed by atoms with Crippen LogP contribution in [-0.2, 0) is 19.2 Å². The zero-order valence-corrected chi connectivity index (χ0v) is 21.5. The van der Waals surface area contributed by atoms with Gasteiger partial charge in [-0.2, -0.15) is 8.42 Å². The highest BCUT2D eigenvalue weighted by molar-refractivity contribution is 7.85. The summed E-state index contributed by atoms with van der Waals surface area (Å²) in [6.07, 6.45) is -0.180. The predicted octanol–water partition coefficient (Wildman–Crippen LogP) is 1.44. The van der Waals surface area contributed by atoms with Crippen molar-refractivity contribution in [1.29, 1.82) is 0 Å². The molecule has 0 aromatic carbocycles. The third kappa shape index (κ3) is 6.07. The van der Waals surface area contributed by atoms with Crippen LogP contribution in [-0.4, -0.2) is 75.6 Å². The second kappa shape index (κ2) is 9.36. The van der Waals surface area contributed by atoms with Crippen LogP contribution in [0.2, 0.25) is 0 Å². The Labute approximate surface area is 211 Å². The molecule has 1 aromatic heterocycles. The van der Waals surface area contributed by atoms with Gasteiger partial charge < -0.3 is 20.5 Å². The molecule has 1 amide bonds. The largest absolute Gasteiger partial charge is 0.443 e. The summed E-state index contributed by atoms with van der Waals surface area (Å²) in [6.45, 7) is 4.47. The van der Waals surface area contributed by atoms with E-state index in [1.54, 1.807) is 20.8 Å². The summed E-state index contributed by atoms with van der Waals surface area (Å²) in [4.78, 5) is 31.4. The monoisotopic (exact) mass is 559 g/mol. The quantitative estimate of drug-likeness (QED) is 0.283. The van der Waals surface area contributed by atoms with Gasteiger partial charge in [0.05, 0.1) is 23.4 Å². The Bertz CT molecular complexity index is 1110. The third-order valence-corrected chi connectivity index (χ3v) is 6.13. The van der Waals surface area contributed by atoms with Crippen molar-refractivity contribution < 1.29 is 32.0 Å². The van der Waals surface area contributed by atoms with Gasteiger partial charge in [-0.3, -0.25) is 9.36 Å². The third-order valence-electron chi connectivity index (χ3n) is 4.92. The van der Waals surface area contributed by atoms with Crippen molar-refractivity contribution in [2.75, 3.05) is 13.2 Å². The lowest BCUT2D eigenvalue weighted by atomic mass is 9.93. The van der Waals surface area contributed by atoms with E-state index in [9.17, 15) is 23.1 Å². The summed E-state index contributed by atoms with van der Waals surface area (Å²) < 4.78 is 35.2. The number of carbonyl (C=O) groups is 2. The van der Waals surface area contributed by atoms with Crippen LogP contribution in [0, 0.1) is 0 Å². The van der Waals surface area contributed by atoms with Gasteiger partial charge in [0.25, 0.3) is 5.91 Å². The van der Waals surface area contributed by atoms with Gasteiger partial charge in [0, 0.05) is 12.7 Å². The lowest BCUT2D eigenvalue weighted by Gasteiger charge is -2.36. The summed E-state index contributed by atoms with van der Waals surface area (Å²) >= 11 is 16.5. The summed E-state index contributed by atoms with van der Waals surface area (Å²) in [5, 5.41) is 10.6. The van der Waals surface area contributed by atoms with Gasteiger partial charge in [0.2, 0.25) is 9.75 Å². The minimum absolute atomic E-state index is 0.103. The van der Waals surface area contributed by atoms with Crippen LogP contribution in [0.15, 0.2) is 17.3 Å². The molecular formula is C18H24Cl3N5O7S. The van der Waals surface area contributed by atoms with Gasteiger partial charge in [0.15, 0.2) is 0 Å². The molecular weight excluding hydrogens is 537 g/mol. The van der Waals surface area contributed by atoms with E-state index in [0.717, 1.165) is 4.57 Å². The lowest BCUT2D eigenvalue weighted by Crippen LogP contribution is -2.49. The molecule has 16 heteroatoms. The first-order valence-electron chi connectivity index (χ1n) is 10.00. The van der Waals surface area contributed by atoms with Crippen LogP contribution in [0.3, 0.4) is 0 Å². The molecule has 3 heterocycles. The fourth-order valence-electron chi connectivity index (χ4n) is 3.75. The number of aliphatic hydroxyl groups excluding tert-OH is 1. The second-order valence-electron chi connectivity index (χ2n) is 8.70. The van der Waals surface area contributed by atoms with Gasteiger partial charge in [-0.05, 0) is 33.3 Å². The van der Waals surface area contributed by atoms with Crippen molar-refractivity contribution in [3.05, 3.63) is 23.5 Å². The average molecular weight is 561 g/mol. The topological polar surface area (TPSA) is 166 Å². The van der Waals surface area contributed by atoms with Crippen molar-refractivity contribution >= 4 is 63.1 Å². The number of nitrogens with one attached hydrogen (secondary N) is 1. The zero-order chi connectivity index (χ0) is 25.6. The number of carbonyl (C=O) groups excluding carboxylic acids is 2. The standard InChI is InChI=1S/C18H24Cl3N5O7S/c1-17(2,3)33-16(29)26-6-4-9-12(26)11(13-10(27)5-7-25(13)14(9)28)23-15(22)24-34(30,31)32-8-18(19,20)21/h4,6,10-11,13,27H,5,7-8H2,1-3H3,(H3,22,23,24)/t10-,11-,13-/m1/s1. The Morgan fingerprint density at radius 1 is 1.35 bits per heavy atom. The number of amides is 1. The molecule has 0 unspecified atom stereocenters. The molecule has 34 heavy (non-hydrogen) atoms. The van der Waals surface area contributed by atoms with E-state index in [4.69, 9.17) is 45.3 Å². The Hall–Kier alpha value is -1.77. The molecule has 2 aliphatic heterocycles. The van der Waals surface area contributed by atoms with Crippen molar-refractivity contribution in [2.45, 2.75) is 54.8 Å². The molecule has 3 atom stereocenters. The fraction of sp³-hybridized carbons (Fsp3) is 0.611. The number of aliphatic imine (C=N–C) groups is 1. The van der Waals surface area contributed by atoms with Crippen LogP contribution in [0.4, 0.5) is 4.79 Å². The molecule has 0 saturated carbocycles. The van der Waals surface area contributed by atoms with Crippen LogP contribution < -0.4 is 10.5 Å². The summed E-state index contributed by atoms with van der Waals surface area (Å²) in [7, 11) is -4.53. The van der Waals surface area contributed by atoms with E-state index in [1.165, 1.54) is 17.2 Å². The molecule has 0 bridgehead atoms. The van der Waals surface area contributed by atoms with E-state index in [-0.39, 0.29) is 24.2 Å². The first kappa shape index (κ1) is 26.8. The Kier molecular flexibility index (Phi) is 7.38. The molecule has 2 aliphatic rings. The maximum absolute atomic E-state index is 13.0. The molecule has 3 rings (SSSR count). The van der Waals surface area contributed by atoms with Crippen LogP contribution in [0.25, 0.3) is 0 Å². The second-order valence-corrected chi connectivity index (χ2v) is 12.6. The molecule has 1 saturated heterocycles. The van der Waals surface area contributed by atoms with Crippen molar-refractivity contribution in [3.63, 3.8) is 0 Å². The van der Waals surface area contributed by atoms with Gasteiger partial charge in [-0.15, -0.1) is 0 Å². The number of aromatic nitrogens is 1. The number of guanidine groups is 1. The van der Waals surface area contributed by atoms with Crippen molar-refractivity contribution in [1.82, 2.24) is 14.2 Å². The molecule has 190 valence electrons. The first-order valence-corrected chi connectivity index (χ1v) is 12.5. The fourth-order valence-corrected chi connectivity index (χ4v) is 4.80. The van der Waals surface area contributed by atoms with Crippen LogP contribution >= 0.6 is 34.8 Å². The number of halogens is 3.